The van der Waals surface area contributed by atoms with Crippen molar-refractivity contribution in [2.45, 2.75) is 85.7 Å². The largest absolute Gasteiger partial charge is 0.444 e. The van der Waals surface area contributed by atoms with Gasteiger partial charge in [0, 0.05) is 18.7 Å². The molecule has 0 aliphatic carbocycles. The molecule has 3 rings (SSSR count). The van der Waals surface area contributed by atoms with Crippen molar-refractivity contribution in [3.05, 3.63) is 60.2 Å². The van der Waals surface area contributed by atoms with Crippen molar-refractivity contribution in [1.82, 2.24) is 4.90 Å². The number of carbonyl (C=O) groups is 1. The molecule has 190 valence electrons. The summed E-state index contributed by atoms with van der Waals surface area (Å²) in [6.07, 6.45) is 9.23. The average Bonchev–Trinajstić information content (AvgIpc) is 2.89. The Kier molecular flexibility index (Phi) is 10.9. The maximum Gasteiger partial charge on any atom is 0.410 e. The van der Waals surface area contributed by atoms with Gasteiger partial charge in [-0.3, -0.25) is 0 Å². The van der Waals surface area contributed by atoms with Gasteiger partial charge >= 0.3 is 6.09 Å². The van der Waals surface area contributed by atoms with E-state index in [-0.39, 0.29) is 6.09 Å². The van der Waals surface area contributed by atoms with E-state index in [2.05, 4.69) is 82.3 Å². The SMILES string of the molecule is CCCCC(CC)CN(CC(CC)CCCC)C(=O)OCc1c2ccccc2cc2ccccc12. The summed E-state index contributed by atoms with van der Waals surface area (Å²) in [6.45, 7) is 10.9. The fourth-order valence-corrected chi connectivity index (χ4v) is 5.17. The van der Waals surface area contributed by atoms with E-state index >= 15 is 0 Å². The Labute approximate surface area is 212 Å². The van der Waals surface area contributed by atoms with Gasteiger partial charge in [0.1, 0.15) is 6.61 Å². The summed E-state index contributed by atoms with van der Waals surface area (Å²) in [7, 11) is 0. The van der Waals surface area contributed by atoms with Crippen LogP contribution in [-0.4, -0.2) is 24.1 Å². The summed E-state index contributed by atoms with van der Waals surface area (Å²) in [5, 5.41) is 4.69. The summed E-state index contributed by atoms with van der Waals surface area (Å²) in [6, 6.07) is 19.0. The van der Waals surface area contributed by atoms with Gasteiger partial charge in [0.2, 0.25) is 0 Å². The van der Waals surface area contributed by atoms with Crippen LogP contribution in [0.4, 0.5) is 4.79 Å². The minimum atomic E-state index is -0.160. The van der Waals surface area contributed by atoms with Crippen LogP contribution in [0, 0.1) is 11.8 Å². The highest BCUT2D eigenvalue weighted by Crippen LogP contribution is 2.29. The topological polar surface area (TPSA) is 29.5 Å². The molecule has 1 amide bonds. The van der Waals surface area contributed by atoms with Gasteiger partial charge in [-0.05, 0) is 52.3 Å². The van der Waals surface area contributed by atoms with Crippen LogP contribution in [0.1, 0.15) is 84.6 Å². The van der Waals surface area contributed by atoms with E-state index in [9.17, 15) is 4.79 Å². The number of rotatable bonds is 14. The van der Waals surface area contributed by atoms with E-state index in [1.807, 2.05) is 4.90 Å². The van der Waals surface area contributed by atoms with E-state index in [0.29, 0.717) is 18.4 Å². The summed E-state index contributed by atoms with van der Waals surface area (Å²) in [4.78, 5) is 15.6. The van der Waals surface area contributed by atoms with E-state index in [1.54, 1.807) is 0 Å². The lowest BCUT2D eigenvalue weighted by Crippen LogP contribution is -2.39. The molecule has 0 N–H and O–H groups in total. The third kappa shape index (κ3) is 7.46. The fourth-order valence-electron chi connectivity index (χ4n) is 5.17. The van der Waals surface area contributed by atoms with Crippen LogP contribution >= 0.6 is 0 Å². The second-order valence-electron chi connectivity index (χ2n) is 10.1. The van der Waals surface area contributed by atoms with Gasteiger partial charge in [0.25, 0.3) is 0 Å². The molecule has 0 saturated heterocycles. The molecule has 3 heteroatoms. The standard InChI is InChI=1S/C32H45NO2/c1-5-9-15-25(7-3)22-33(23-26(8-4)16-10-6-2)32(34)35-24-31-29-19-13-11-17-27(29)21-28-18-12-14-20-30(28)31/h11-14,17-21,25-26H,5-10,15-16,22-24H2,1-4H3. The molecule has 0 bridgehead atoms. The molecule has 0 spiro atoms. The highest BCUT2D eigenvalue weighted by molar-refractivity contribution is 6.02. The molecule has 0 heterocycles. The molecular weight excluding hydrogens is 430 g/mol. The van der Waals surface area contributed by atoms with Crippen molar-refractivity contribution >= 4 is 27.6 Å². The third-order valence-corrected chi connectivity index (χ3v) is 7.52. The number of fused-ring (bicyclic) bond motifs is 2. The number of hydrogen-bond acceptors (Lipinski definition) is 2. The first-order valence-corrected chi connectivity index (χ1v) is 13.9. The summed E-state index contributed by atoms with van der Waals surface area (Å²) in [5.74, 6) is 1.06. The highest BCUT2D eigenvalue weighted by atomic mass is 16.6. The number of amides is 1. The zero-order valence-electron chi connectivity index (χ0n) is 22.4. The van der Waals surface area contributed by atoms with Crippen molar-refractivity contribution in [1.29, 1.82) is 0 Å². The van der Waals surface area contributed by atoms with Crippen LogP contribution < -0.4 is 0 Å². The number of ether oxygens (including phenoxy) is 1. The predicted octanol–water partition coefficient (Wildman–Crippen LogP) is 9.36. The lowest BCUT2D eigenvalue weighted by molar-refractivity contribution is 0.0819. The maximum absolute atomic E-state index is 13.5. The quantitative estimate of drug-likeness (QED) is 0.217. The van der Waals surface area contributed by atoms with Gasteiger partial charge in [-0.2, -0.15) is 0 Å². The van der Waals surface area contributed by atoms with Crippen molar-refractivity contribution in [2.75, 3.05) is 13.1 Å². The number of benzene rings is 3. The fraction of sp³-hybridized carbons (Fsp3) is 0.531. The molecule has 0 radical (unpaired) electrons. The van der Waals surface area contributed by atoms with Crippen LogP contribution in [0.5, 0.6) is 0 Å². The van der Waals surface area contributed by atoms with Crippen molar-refractivity contribution in [3.63, 3.8) is 0 Å². The monoisotopic (exact) mass is 475 g/mol. The van der Waals surface area contributed by atoms with E-state index in [1.165, 1.54) is 49.3 Å². The van der Waals surface area contributed by atoms with Gasteiger partial charge in [0.05, 0.1) is 0 Å². The third-order valence-electron chi connectivity index (χ3n) is 7.52. The Morgan fingerprint density at radius 2 is 1.26 bits per heavy atom. The Hall–Kier alpha value is -2.55. The predicted molar refractivity (Wildman–Crippen MR) is 150 cm³/mol. The maximum atomic E-state index is 13.5. The zero-order chi connectivity index (χ0) is 25.0. The molecule has 0 saturated carbocycles. The smallest absolute Gasteiger partial charge is 0.410 e. The van der Waals surface area contributed by atoms with Gasteiger partial charge in [-0.1, -0.05) is 115 Å². The minimum absolute atomic E-state index is 0.160. The second-order valence-corrected chi connectivity index (χ2v) is 10.1. The summed E-state index contributed by atoms with van der Waals surface area (Å²) >= 11 is 0. The Bertz CT molecular complexity index is 988. The number of unbranched alkanes of at least 4 members (excludes halogenated alkanes) is 2. The number of hydrogen-bond donors (Lipinski definition) is 0. The lowest BCUT2D eigenvalue weighted by atomic mass is 9.96. The Morgan fingerprint density at radius 3 is 1.71 bits per heavy atom. The van der Waals surface area contributed by atoms with E-state index < -0.39 is 0 Å². The molecule has 3 nitrogen and oxygen atoms in total. The highest BCUT2D eigenvalue weighted by Gasteiger charge is 2.23. The van der Waals surface area contributed by atoms with Crippen LogP contribution in [-0.2, 0) is 11.3 Å². The number of nitrogens with zero attached hydrogens (tertiary/aromatic N) is 1. The van der Waals surface area contributed by atoms with Crippen molar-refractivity contribution in [2.24, 2.45) is 11.8 Å². The average molecular weight is 476 g/mol. The van der Waals surface area contributed by atoms with E-state index in [0.717, 1.165) is 42.3 Å². The lowest BCUT2D eigenvalue weighted by Gasteiger charge is -2.30. The molecule has 0 aliphatic rings. The van der Waals surface area contributed by atoms with Gasteiger partial charge in [0.15, 0.2) is 0 Å². The molecule has 3 aromatic carbocycles. The second kappa shape index (κ2) is 14.1. The van der Waals surface area contributed by atoms with Crippen LogP contribution in [0.25, 0.3) is 21.5 Å². The number of carbonyl (C=O) groups excluding carboxylic acids is 1. The van der Waals surface area contributed by atoms with E-state index in [4.69, 9.17) is 4.74 Å². The molecule has 2 atom stereocenters. The van der Waals surface area contributed by atoms with Crippen LogP contribution in [0.3, 0.4) is 0 Å². The molecule has 0 fully saturated rings. The van der Waals surface area contributed by atoms with Crippen LogP contribution in [0.2, 0.25) is 0 Å². The van der Waals surface area contributed by atoms with Crippen LogP contribution in [0.15, 0.2) is 54.6 Å². The zero-order valence-corrected chi connectivity index (χ0v) is 22.4. The molecule has 0 aromatic heterocycles. The molecule has 2 unspecified atom stereocenters. The van der Waals surface area contributed by atoms with Gasteiger partial charge in [-0.25, -0.2) is 4.79 Å². The minimum Gasteiger partial charge on any atom is -0.444 e. The van der Waals surface area contributed by atoms with Crippen molar-refractivity contribution in [3.8, 4) is 0 Å². The first-order chi connectivity index (χ1) is 17.1. The summed E-state index contributed by atoms with van der Waals surface area (Å²) < 4.78 is 6.09. The van der Waals surface area contributed by atoms with Gasteiger partial charge in [-0.15, -0.1) is 0 Å². The van der Waals surface area contributed by atoms with Crippen molar-refractivity contribution < 1.29 is 9.53 Å². The summed E-state index contributed by atoms with van der Waals surface area (Å²) in [5.41, 5.74) is 1.10. The van der Waals surface area contributed by atoms with Gasteiger partial charge < -0.3 is 9.64 Å². The molecule has 0 aliphatic heterocycles. The molecule has 35 heavy (non-hydrogen) atoms. The molecule has 3 aromatic rings. The first-order valence-electron chi connectivity index (χ1n) is 13.9. The first kappa shape index (κ1) is 27.0. The Morgan fingerprint density at radius 1 is 0.771 bits per heavy atom. The molecular formula is C32H45NO2. The Balaban J connectivity index is 1.82. The normalized spacial score (nSPS) is 13.1.